The first-order valence-electron chi connectivity index (χ1n) is 6.83. The van der Waals surface area contributed by atoms with Crippen LogP contribution in [0.5, 0.6) is 0 Å². The Morgan fingerprint density at radius 1 is 1.00 bits per heavy atom. The Bertz CT molecular complexity index is 551. The van der Waals surface area contributed by atoms with E-state index in [1.807, 2.05) is 36.4 Å². The molecule has 2 rings (SSSR count). The molecular formula is C17H20FNO. The number of aliphatic hydroxyl groups is 1. The topological polar surface area (TPSA) is 32.3 Å². The Kier molecular flexibility index (Phi) is 5.27. The smallest absolute Gasteiger partial charge is 0.126 e. The standard InChI is InChI=1S/C17H20FNO/c1-13-10-16(6-7-17(13)18)11-19-9-8-14-2-4-15(12-20)5-3-14/h2-7,10,19-20H,8-9,11-12H2,1H3. The van der Waals surface area contributed by atoms with Gasteiger partial charge in [-0.15, -0.1) is 0 Å². The second-order valence-electron chi connectivity index (χ2n) is 4.98. The molecule has 2 nitrogen and oxygen atoms in total. The Morgan fingerprint density at radius 3 is 2.30 bits per heavy atom. The molecule has 2 N–H and O–H groups in total. The number of hydrogen-bond acceptors (Lipinski definition) is 2. The number of benzene rings is 2. The predicted molar refractivity (Wildman–Crippen MR) is 78.9 cm³/mol. The van der Waals surface area contributed by atoms with Crippen molar-refractivity contribution >= 4 is 0 Å². The quantitative estimate of drug-likeness (QED) is 0.793. The summed E-state index contributed by atoms with van der Waals surface area (Å²) in [7, 11) is 0. The molecule has 106 valence electrons. The maximum Gasteiger partial charge on any atom is 0.126 e. The van der Waals surface area contributed by atoms with E-state index in [4.69, 9.17) is 5.11 Å². The highest BCUT2D eigenvalue weighted by Gasteiger charge is 1.99. The number of nitrogens with one attached hydrogen (secondary N) is 1. The maximum atomic E-state index is 13.1. The zero-order valence-electron chi connectivity index (χ0n) is 11.7. The van der Waals surface area contributed by atoms with Crippen LogP contribution in [-0.4, -0.2) is 11.7 Å². The van der Waals surface area contributed by atoms with Gasteiger partial charge in [-0.2, -0.15) is 0 Å². The first-order chi connectivity index (χ1) is 9.69. The molecule has 0 atom stereocenters. The van der Waals surface area contributed by atoms with Crippen LogP contribution in [0.1, 0.15) is 22.3 Å². The summed E-state index contributed by atoms with van der Waals surface area (Å²) in [4.78, 5) is 0. The van der Waals surface area contributed by atoms with Gasteiger partial charge in [0.2, 0.25) is 0 Å². The van der Waals surface area contributed by atoms with Gasteiger partial charge in [0, 0.05) is 6.54 Å². The third kappa shape index (κ3) is 4.15. The van der Waals surface area contributed by atoms with Gasteiger partial charge in [-0.25, -0.2) is 4.39 Å². The number of hydrogen-bond donors (Lipinski definition) is 2. The summed E-state index contributed by atoms with van der Waals surface area (Å²) in [6, 6.07) is 13.2. The highest BCUT2D eigenvalue weighted by atomic mass is 19.1. The van der Waals surface area contributed by atoms with Gasteiger partial charge >= 0.3 is 0 Å². The average molecular weight is 273 g/mol. The molecule has 0 bridgehead atoms. The molecule has 0 unspecified atom stereocenters. The van der Waals surface area contributed by atoms with Crippen molar-refractivity contribution in [3.8, 4) is 0 Å². The Labute approximate surface area is 119 Å². The van der Waals surface area contributed by atoms with Gasteiger partial charge in [0.25, 0.3) is 0 Å². The summed E-state index contributed by atoms with van der Waals surface area (Å²) >= 11 is 0. The molecule has 0 fully saturated rings. The van der Waals surface area contributed by atoms with Crippen LogP contribution in [0.3, 0.4) is 0 Å². The second-order valence-corrected chi connectivity index (χ2v) is 4.98. The average Bonchev–Trinajstić information content (AvgIpc) is 2.48. The van der Waals surface area contributed by atoms with E-state index in [0.717, 1.165) is 30.6 Å². The zero-order chi connectivity index (χ0) is 14.4. The van der Waals surface area contributed by atoms with Gasteiger partial charge in [0.1, 0.15) is 5.82 Å². The summed E-state index contributed by atoms with van der Waals surface area (Å²) in [6.07, 6.45) is 0.936. The number of aryl methyl sites for hydroxylation is 1. The molecule has 0 amide bonds. The minimum Gasteiger partial charge on any atom is -0.392 e. The summed E-state index contributed by atoms with van der Waals surface area (Å²) < 4.78 is 13.1. The normalized spacial score (nSPS) is 10.8. The molecule has 2 aromatic rings. The van der Waals surface area contributed by atoms with E-state index in [1.165, 1.54) is 11.6 Å². The summed E-state index contributed by atoms with van der Waals surface area (Å²) in [5, 5.41) is 12.3. The zero-order valence-corrected chi connectivity index (χ0v) is 11.7. The first-order valence-corrected chi connectivity index (χ1v) is 6.83. The van der Waals surface area contributed by atoms with E-state index >= 15 is 0 Å². The van der Waals surface area contributed by atoms with Crippen molar-refractivity contribution in [2.45, 2.75) is 26.5 Å². The molecule has 0 aromatic heterocycles. The lowest BCUT2D eigenvalue weighted by Crippen LogP contribution is -2.16. The van der Waals surface area contributed by atoms with Crippen molar-refractivity contribution in [3.63, 3.8) is 0 Å². The summed E-state index contributed by atoms with van der Waals surface area (Å²) in [5.41, 5.74) is 3.96. The molecule has 20 heavy (non-hydrogen) atoms. The molecule has 0 aliphatic carbocycles. The summed E-state index contributed by atoms with van der Waals surface area (Å²) in [6.45, 7) is 3.48. The van der Waals surface area contributed by atoms with E-state index in [9.17, 15) is 4.39 Å². The highest BCUT2D eigenvalue weighted by molar-refractivity contribution is 5.24. The Morgan fingerprint density at radius 2 is 1.65 bits per heavy atom. The van der Waals surface area contributed by atoms with Crippen LogP contribution in [0.15, 0.2) is 42.5 Å². The molecular weight excluding hydrogens is 253 g/mol. The number of rotatable bonds is 6. The van der Waals surface area contributed by atoms with Crippen LogP contribution in [0.25, 0.3) is 0 Å². The molecule has 0 heterocycles. The minimum absolute atomic E-state index is 0.0858. The third-order valence-electron chi connectivity index (χ3n) is 3.35. The van der Waals surface area contributed by atoms with Gasteiger partial charge < -0.3 is 10.4 Å². The van der Waals surface area contributed by atoms with E-state index in [1.54, 1.807) is 6.92 Å². The second kappa shape index (κ2) is 7.17. The van der Waals surface area contributed by atoms with Crippen LogP contribution >= 0.6 is 0 Å². The van der Waals surface area contributed by atoms with Crippen molar-refractivity contribution in [1.82, 2.24) is 5.32 Å². The minimum atomic E-state index is -0.155. The van der Waals surface area contributed by atoms with E-state index in [-0.39, 0.29) is 12.4 Å². The van der Waals surface area contributed by atoms with Crippen molar-refractivity contribution in [3.05, 3.63) is 70.5 Å². The van der Waals surface area contributed by atoms with Gasteiger partial charge in [-0.3, -0.25) is 0 Å². The van der Waals surface area contributed by atoms with Crippen LogP contribution in [-0.2, 0) is 19.6 Å². The molecule has 0 aliphatic heterocycles. The van der Waals surface area contributed by atoms with Crippen LogP contribution < -0.4 is 5.32 Å². The van der Waals surface area contributed by atoms with E-state index in [2.05, 4.69) is 5.32 Å². The molecule has 0 radical (unpaired) electrons. The molecule has 0 spiro atoms. The van der Waals surface area contributed by atoms with E-state index in [0.29, 0.717) is 5.56 Å². The van der Waals surface area contributed by atoms with Gasteiger partial charge in [-0.05, 0) is 48.2 Å². The fraction of sp³-hybridized carbons (Fsp3) is 0.294. The number of halogens is 1. The fourth-order valence-electron chi connectivity index (χ4n) is 2.09. The molecule has 2 aromatic carbocycles. The maximum absolute atomic E-state index is 13.1. The van der Waals surface area contributed by atoms with Crippen molar-refractivity contribution in [1.29, 1.82) is 0 Å². The van der Waals surface area contributed by atoms with Crippen molar-refractivity contribution < 1.29 is 9.50 Å². The monoisotopic (exact) mass is 273 g/mol. The van der Waals surface area contributed by atoms with Crippen LogP contribution in [0.4, 0.5) is 4.39 Å². The SMILES string of the molecule is Cc1cc(CNCCc2ccc(CO)cc2)ccc1F. The predicted octanol–water partition coefficient (Wildman–Crippen LogP) is 2.96. The third-order valence-corrected chi connectivity index (χ3v) is 3.35. The molecule has 0 saturated heterocycles. The van der Waals surface area contributed by atoms with Gasteiger partial charge in [-0.1, -0.05) is 36.4 Å². The Hall–Kier alpha value is -1.71. The Balaban J connectivity index is 1.76. The highest BCUT2D eigenvalue weighted by Crippen LogP contribution is 2.09. The van der Waals surface area contributed by atoms with Crippen molar-refractivity contribution in [2.75, 3.05) is 6.54 Å². The van der Waals surface area contributed by atoms with Gasteiger partial charge in [0.15, 0.2) is 0 Å². The molecule has 0 saturated carbocycles. The molecule has 0 aliphatic rings. The van der Waals surface area contributed by atoms with Crippen LogP contribution in [0, 0.1) is 12.7 Å². The molecule has 3 heteroatoms. The summed E-state index contributed by atoms with van der Waals surface area (Å²) in [5.74, 6) is -0.155. The lowest BCUT2D eigenvalue weighted by Gasteiger charge is -2.07. The number of aliphatic hydroxyl groups excluding tert-OH is 1. The fourth-order valence-corrected chi connectivity index (χ4v) is 2.09. The van der Waals surface area contributed by atoms with Gasteiger partial charge in [0.05, 0.1) is 6.61 Å². The van der Waals surface area contributed by atoms with Crippen molar-refractivity contribution in [2.24, 2.45) is 0 Å². The lowest BCUT2D eigenvalue weighted by atomic mass is 10.1. The first kappa shape index (κ1) is 14.7. The lowest BCUT2D eigenvalue weighted by molar-refractivity contribution is 0.282. The van der Waals surface area contributed by atoms with E-state index < -0.39 is 0 Å². The van der Waals surface area contributed by atoms with Crippen LogP contribution in [0.2, 0.25) is 0 Å². The largest absolute Gasteiger partial charge is 0.392 e.